The zero-order chi connectivity index (χ0) is 15.3. The number of nitrogens with zero attached hydrogens (tertiary/aromatic N) is 1. The van der Waals surface area contributed by atoms with E-state index < -0.39 is 0 Å². The SMILES string of the molecule is C=CC[C@@]1(CC)CCCN([C@@H](CO)c2ccccc2)C1=O. The fourth-order valence-corrected chi connectivity index (χ4v) is 3.40. The standard InChI is InChI=1S/C18H25NO2/c1-3-11-18(4-2)12-8-13-19(17(18)21)16(14-20)15-9-6-5-7-10-15/h3,5-7,9-10,16,20H,1,4,8,11-14H2,2H3/t16-,18-/m0/s1. The number of rotatable bonds is 6. The molecule has 0 aromatic heterocycles. The predicted molar refractivity (Wildman–Crippen MR) is 84.8 cm³/mol. The Hall–Kier alpha value is -1.61. The van der Waals surface area contributed by atoms with Crippen molar-refractivity contribution in [3.63, 3.8) is 0 Å². The lowest BCUT2D eigenvalue weighted by Gasteiger charge is -2.44. The molecule has 0 radical (unpaired) electrons. The van der Waals surface area contributed by atoms with Crippen molar-refractivity contribution < 1.29 is 9.90 Å². The molecule has 3 nitrogen and oxygen atoms in total. The van der Waals surface area contributed by atoms with Gasteiger partial charge in [0.2, 0.25) is 5.91 Å². The second-order valence-electron chi connectivity index (χ2n) is 5.84. The summed E-state index contributed by atoms with van der Waals surface area (Å²) in [5.41, 5.74) is 0.668. The van der Waals surface area contributed by atoms with Crippen LogP contribution in [0.25, 0.3) is 0 Å². The first kappa shape index (κ1) is 15.8. The van der Waals surface area contributed by atoms with Crippen molar-refractivity contribution in [2.24, 2.45) is 5.41 Å². The fourth-order valence-electron chi connectivity index (χ4n) is 3.40. The number of carbonyl (C=O) groups is 1. The van der Waals surface area contributed by atoms with Crippen molar-refractivity contribution in [1.29, 1.82) is 0 Å². The zero-order valence-electron chi connectivity index (χ0n) is 12.8. The van der Waals surface area contributed by atoms with Gasteiger partial charge in [-0.3, -0.25) is 4.79 Å². The molecule has 0 unspecified atom stereocenters. The molecule has 1 aromatic carbocycles. The van der Waals surface area contributed by atoms with Gasteiger partial charge in [0, 0.05) is 6.54 Å². The maximum atomic E-state index is 13.0. The van der Waals surface area contributed by atoms with Crippen LogP contribution in [0.3, 0.4) is 0 Å². The maximum Gasteiger partial charge on any atom is 0.229 e. The minimum absolute atomic E-state index is 0.0381. The summed E-state index contributed by atoms with van der Waals surface area (Å²) in [5, 5.41) is 9.81. The Morgan fingerprint density at radius 3 is 2.71 bits per heavy atom. The van der Waals surface area contributed by atoms with Crippen LogP contribution in [0.2, 0.25) is 0 Å². The predicted octanol–water partition coefficient (Wildman–Crippen LogP) is 3.31. The molecular formula is C18H25NO2. The van der Waals surface area contributed by atoms with E-state index in [1.165, 1.54) is 0 Å². The largest absolute Gasteiger partial charge is 0.394 e. The lowest BCUT2D eigenvalue weighted by atomic mass is 9.73. The third-order valence-electron chi connectivity index (χ3n) is 4.71. The summed E-state index contributed by atoms with van der Waals surface area (Å²) >= 11 is 0. The maximum absolute atomic E-state index is 13.0. The lowest BCUT2D eigenvalue weighted by Crippen LogP contribution is -2.50. The van der Waals surface area contributed by atoms with E-state index in [0.717, 1.165) is 31.4 Å². The number of carbonyl (C=O) groups excluding carboxylic acids is 1. The highest BCUT2D eigenvalue weighted by atomic mass is 16.3. The molecule has 1 aromatic rings. The summed E-state index contributed by atoms with van der Waals surface area (Å²) in [6.45, 7) is 6.56. The molecular weight excluding hydrogens is 262 g/mol. The number of aliphatic hydroxyl groups is 1. The monoisotopic (exact) mass is 287 g/mol. The highest BCUT2D eigenvalue weighted by Crippen LogP contribution is 2.40. The number of hydrogen-bond donors (Lipinski definition) is 1. The Morgan fingerprint density at radius 2 is 2.14 bits per heavy atom. The van der Waals surface area contributed by atoms with Gasteiger partial charge in [-0.25, -0.2) is 0 Å². The van der Waals surface area contributed by atoms with Crippen molar-refractivity contribution in [1.82, 2.24) is 4.90 Å². The van der Waals surface area contributed by atoms with Crippen LogP contribution in [-0.4, -0.2) is 29.1 Å². The van der Waals surface area contributed by atoms with E-state index in [9.17, 15) is 9.90 Å². The van der Waals surface area contributed by atoms with Crippen molar-refractivity contribution >= 4 is 5.91 Å². The summed E-state index contributed by atoms with van der Waals surface area (Å²) in [6.07, 6.45) is 5.28. The Kier molecular flexibility index (Phi) is 5.18. The molecule has 2 atom stereocenters. The quantitative estimate of drug-likeness (QED) is 0.815. The Balaban J connectivity index is 2.29. The van der Waals surface area contributed by atoms with Crippen LogP contribution in [0, 0.1) is 5.41 Å². The van der Waals surface area contributed by atoms with Gasteiger partial charge >= 0.3 is 0 Å². The molecule has 1 aliphatic rings. The molecule has 1 aliphatic heterocycles. The molecule has 1 fully saturated rings. The van der Waals surface area contributed by atoms with E-state index >= 15 is 0 Å². The summed E-state index contributed by atoms with van der Waals surface area (Å²) in [6, 6.07) is 9.55. The number of benzene rings is 1. The van der Waals surface area contributed by atoms with E-state index in [2.05, 4.69) is 13.5 Å². The van der Waals surface area contributed by atoms with Crippen LogP contribution in [0.15, 0.2) is 43.0 Å². The highest BCUT2D eigenvalue weighted by molar-refractivity contribution is 5.84. The molecule has 21 heavy (non-hydrogen) atoms. The molecule has 0 spiro atoms. The smallest absolute Gasteiger partial charge is 0.229 e. The lowest BCUT2D eigenvalue weighted by molar-refractivity contribution is -0.150. The average molecular weight is 287 g/mol. The molecule has 1 saturated heterocycles. The molecule has 114 valence electrons. The van der Waals surface area contributed by atoms with E-state index in [-0.39, 0.29) is 24.0 Å². The number of amides is 1. The van der Waals surface area contributed by atoms with Gasteiger partial charge in [-0.2, -0.15) is 0 Å². The van der Waals surface area contributed by atoms with Crippen LogP contribution in [0.4, 0.5) is 0 Å². The first-order valence-electron chi connectivity index (χ1n) is 7.76. The zero-order valence-corrected chi connectivity index (χ0v) is 12.8. The van der Waals surface area contributed by atoms with Crippen molar-refractivity contribution in [3.05, 3.63) is 48.6 Å². The van der Waals surface area contributed by atoms with Gasteiger partial charge in [-0.1, -0.05) is 43.3 Å². The molecule has 3 heteroatoms. The number of likely N-dealkylation sites (tertiary alicyclic amines) is 1. The first-order chi connectivity index (χ1) is 10.2. The molecule has 2 rings (SSSR count). The van der Waals surface area contributed by atoms with Gasteiger partial charge < -0.3 is 10.0 Å². The van der Waals surface area contributed by atoms with Crippen LogP contribution < -0.4 is 0 Å². The normalized spacial score (nSPS) is 23.9. The second-order valence-corrected chi connectivity index (χ2v) is 5.84. The van der Waals surface area contributed by atoms with Gasteiger partial charge in [-0.05, 0) is 31.2 Å². The summed E-state index contributed by atoms with van der Waals surface area (Å²) in [4.78, 5) is 14.9. The van der Waals surface area contributed by atoms with Gasteiger partial charge in [0.1, 0.15) is 0 Å². The van der Waals surface area contributed by atoms with Gasteiger partial charge in [0.25, 0.3) is 0 Å². The van der Waals surface area contributed by atoms with Crippen LogP contribution >= 0.6 is 0 Å². The van der Waals surface area contributed by atoms with E-state index in [1.807, 2.05) is 41.3 Å². The van der Waals surface area contributed by atoms with E-state index in [1.54, 1.807) is 0 Å². The summed E-state index contributed by atoms with van der Waals surface area (Å²) in [7, 11) is 0. The summed E-state index contributed by atoms with van der Waals surface area (Å²) < 4.78 is 0. The van der Waals surface area contributed by atoms with Crippen LogP contribution in [0.1, 0.15) is 44.2 Å². The molecule has 0 saturated carbocycles. The van der Waals surface area contributed by atoms with Crippen LogP contribution in [0.5, 0.6) is 0 Å². The third kappa shape index (κ3) is 3.03. The fraction of sp³-hybridized carbons (Fsp3) is 0.500. The van der Waals surface area contributed by atoms with Gasteiger partial charge in [0.05, 0.1) is 18.1 Å². The van der Waals surface area contributed by atoms with Crippen molar-refractivity contribution in [3.8, 4) is 0 Å². The molecule has 1 N–H and O–H groups in total. The molecule has 1 heterocycles. The first-order valence-corrected chi connectivity index (χ1v) is 7.76. The van der Waals surface area contributed by atoms with Crippen molar-refractivity contribution in [2.75, 3.05) is 13.2 Å². The number of hydrogen-bond acceptors (Lipinski definition) is 2. The van der Waals surface area contributed by atoms with Crippen LogP contribution in [-0.2, 0) is 4.79 Å². The summed E-state index contributed by atoms with van der Waals surface area (Å²) in [5.74, 6) is 0.166. The van der Waals surface area contributed by atoms with Gasteiger partial charge in [-0.15, -0.1) is 6.58 Å². The number of allylic oxidation sites excluding steroid dienone is 1. The molecule has 0 bridgehead atoms. The molecule has 0 aliphatic carbocycles. The molecule has 1 amide bonds. The highest BCUT2D eigenvalue weighted by Gasteiger charge is 2.43. The Bertz CT molecular complexity index is 485. The van der Waals surface area contributed by atoms with Gasteiger partial charge in [0.15, 0.2) is 0 Å². The number of piperidine rings is 1. The Morgan fingerprint density at radius 1 is 1.43 bits per heavy atom. The van der Waals surface area contributed by atoms with Crippen molar-refractivity contribution in [2.45, 2.75) is 38.6 Å². The topological polar surface area (TPSA) is 40.5 Å². The minimum Gasteiger partial charge on any atom is -0.394 e. The Labute approximate surface area is 127 Å². The second kappa shape index (κ2) is 6.90. The van der Waals surface area contributed by atoms with E-state index in [0.29, 0.717) is 6.42 Å². The minimum atomic E-state index is -0.331. The number of aliphatic hydroxyl groups excluding tert-OH is 1. The third-order valence-corrected chi connectivity index (χ3v) is 4.71. The average Bonchev–Trinajstić information content (AvgIpc) is 2.53. The van der Waals surface area contributed by atoms with E-state index in [4.69, 9.17) is 0 Å².